The first kappa shape index (κ1) is 16.0. The largest absolute Gasteiger partial charge is 0.494 e. The molecule has 0 aliphatic rings. The van der Waals surface area contributed by atoms with Gasteiger partial charge in [0.2, 0.25) is 5.91 Å². The maximum Gasteiger partial charge on any atom is 0.239 e. The number of primary amides is 1. The fourth-order valence-electron chi connectivity index (χ4n) is 2.46. The molecule has 0 aromatic heterocycles. The minimum absolute atomic E-state index is 0.195. The summed E-state index contributed by atoms with van der Waals surface area (Å²) in [5, 5.41) is 0. The maximum absolute atomic E-state index is 13.7. The molecule has 2 rings (SSSR count). The SMILES string of the molecule is COc1ccc(CN(C)C(C(N)=O)c2ccccc2)cc1F. The van der Waals surface area contributed by atoms with Gasteiger partial charge in [0.1, 0.15) is 6.04 Å². The lowest BCUT2D eigenvalue weighted by Crippen LogP contribution is -2.35. The van der Waals surface area contributed by atoms with Crippen LogP contribution in [0.15, 0.2) is 48.5 Å². The molecule has 0 aliphatic carbocycles. The highest BCUT2D eigenvalue weighted by Crippen LogP contribution is 2.23. The zero-order chi connectivity index (χ0) is 16.1. The van der Waals surface area contributed by atoms with Crippen LogP contribution in [0.2, 0.25) is 0 Å². The second-order valence-electron chi connectivity index (χ2n) is 5.10. The number of hydrogen-bond donors (Lipinski definition) is 1. The molecule has 0 heterocycles. The van der Waals surface area contributed by atoms with Crippen molar-refractivity contribution >= 4 is 5.91 Å². The van der Waals surface area contributed by atoms with Crippen LogP contribution in [0, 0.1) is 5.82 Å². The predicted octanol–water partition coefficient (Wildman–Crippen LogP) is 2.49. The van der Waals surface area contributed by atoms with Gasteiger partial charge in [-0.15, -0.1) is 0 Å². The van der Waals surface area contributed by atoms with Gasteiger partial charge in [0.05, 0.1) is 7.11 Å². The summed E-state index contributed by atoms with van der Waals surface area (Å²) in [6.45, 7) is 0.392. The summed E-state index contributed by atoms with van der Waals surface area (Å²) in [7, 11) is 3.20. The van der Waals surface area contributed by atoms with E-state index < -0.39 is 17.8 Å². The molecule has 4 nitrogen and oxygen atoms in total. The first-order valence-corrected chi connectivity index (χ1v) is 6.90. The lowest BCUT2D eigenvalue weighted by atomic mass is 10.0. The number of nitrogens with two attached hydrogens (primary N) is 1. The molecule has 116 valence electrons. The normalized spacial score (nSPS) is 12.2. The number of rotatable bonds is 6. The minimum atomic E-state index is -0.564. The van der Waals surface area contributed by atoms with E-state index in [2.05, 4.69) is 0 Å². The van der Waals surface area contributed by atoms with Gasteiger partial charge in [-0.2, -0.15) is 0 Å². The van der Waals surface area contributed by atoms with Crippen molar-refractivity contribution in [3.63, 3.8) is 0 Å². The van der Waals surface area contributed by atoms with Crippen molar-refractivity contribution in [2.45, 2.75) is 12.6 Å². The average molecular weight is 302 g/mol. The number of halogens is 1. The number of likely N-dealkylation sites (N-methyl/N-ethyl adjacent to an activating group) is 1. The van der Waals surface area contributed by atoms with Gasteiger partial charge in [0.25, 0.3) is 0 Å². The number of nitrogens with zero attached hydrogens (tertiary/aromatic N) is 1. The quantitative estimate of drug-likeness (QED) is 0.892. The number of benzene rings is 2. The summed E-state index contributed by atoms with van der Waals surface area (Å²) in [4.78, 5) is 13.6. The second-order valence-corrected chi connectivity index (χ2v) is 5.10. The van der Waals surface area contributed by atoms with Gasteiger partial charge in [-0.3, -0.25) is 9.69 Å². The van der Waals surface area contributed by atoms with E-state index in [1.165, 1.54) is 13.2 Å². The molecule has 0 aliphatic heterocycles. The topological polar surface area (TPSA) is 55.6 Å². The summed E-state index contributed by atoms with van der Waals surface area (Å²) < 4.78 is 18.6. The van der Waals surface area contributed by atoms with Crippen LogP contribution in [0.25, 0.3) is 0 Å². The molecule has 2 aromatic rings. The Balaban J connectivity index is 2.20. The summed E-state index contributed by atoms with van der Waals surface area (Å²) in [6, 6.07) is 13.5. The Hall–Kier alpha value is -2.40. The Morgan fingerprint density at radius 1 is 1.27 bits per heavy atom. The van der Waals surface area contributed by atoms with Crippen LogP contribution >= 0.6 is 0 Å². The lowest BCUT2D eigenvalue weighted by molar-refractivity contribution is -0.123. The van der Waals surface area contributed by atoms with Crippen molar-refractivity contribution in [2.24, 2.45) is 5.73 Å². The highest BCUT2D eigenvalue weighted by molar-refractivity contribution is 5.81. The summed E-state index contributed by atoms with van der Waals surface area (Å²) in [6.07, 6.45) is 0. The molecule has 0 spiro atoms. The first-order chi connectivity index (χ1) is 10.5. The Morgan fingerprint density at radius 3 is 2.50 bits per heavy atom. The Labute approximate surface area is 129 Å². The number of carbonyl (C=O) groups excluding carboxylic acids is 1. The number of ether oxygens (including phenoxy) is 1. The number of hydrogen-bond acceptors (Lipinski definition) is 3. The van der Waals surface area contributed by atoms with Crippen LogP contribution in [0.5, 0.6) is 5.75 Å². The number of amides is 1. The van der Waals surface area contributed by atoms with Crippen LogP contribution in [0.1, 0.15) is 17.2 Å². The van der Waals surface area contributed by atoms with E-state index in [9.17, 15) is 9.18 Å². The van der Waals surface area contributed by atoms with Gasteiger partial charge < -0.3 is 10.5 Å². The van der Waals surface area contributed by atoms with Crippen LogP contribution in [0.3, 0.4) is 0 Å². The van der Waals surface area contributed by atoms with Gasteiger partial charge in [0, 0.05) is 6.54 Å². The molecule has 1 unspecified atom stereocenters. The zero-order valence-electron chi connectivity index (χ0n) is 12.6. The van der Waals surface area contributed by atoms with Crippen LogP contribution in [-0.4, -0.2) is 25.0 Å². The standard InChI is InChI=1S/C17H19FN2O2/c1-20(11-12-8-9-15(22-2)14(18)10-12)16(17(19)21)13-6-4-3-5-7-13/h3-10,16H,11H2,1-2H3,(H2,19,21). The van der Waals surface area contributed by atoms with Crippen molar-refractivity contribution in [1.82, 2.24) is 4.90 Å². The molecule has 2 N–H and O–H groups in total. The highest BCUT2D eigenvalue weighted by atomic mass is 19.1. The van der Waals surface area contributed by atoms with Crippen LogP contribution in [-0.2, 0) is 11.3 Å². The summed E-state index contributed by atoms with van der Waals surface area (Å²) in [5.74, 6) is -0.674. The second kappa shape index (κ2) is 7.04. The molecular weight excluding hydrogens is 283 g/mol. The van der Waals surface area contributed by atoms with Crippen molar-refractivity contribution < 1.29 is 13.9 Å². The molecule has 0 fully saturated rings. The molecule has 2 aromatic carbocycles. The third kappa shape index (κ3) is 3.62. The smallest absolute Gasteiger partial charge is 0.239 e. The fraction of sp³-hybridized carbons (Fsp3) is 0.235. The first-order valence-electron chi connectivity index (χ1n) is 6.90. The Bertz CT molecular complexity index is 646. The fourth-order valence-corrected chi connectivity index (χ4v) is 2.46. The third-order valence-corrected chi connectivity index (χ3v) is 3.47. The van der Waals surface area contributed by atoms with E-state index in [0.29, 0.717) is 6.54 Å². The van der Waals surface area contributed by atoms with Crippen LogP contribution < -0.4 is 10.5 Å². The van der Waals surface area contributed by atoms with Crippen molar-refractivity contribution in [1.29, 1.82) is 0 Å². The van der Waals surface area contributed by atoms with E-state index in [-0.39, 0.29) is 5.75 Å². The zero-order valence-corrected chi connectivity index (χ0v) is 12.6. The molecule has 0 bridgehead atoms. The van der Waals surface area contributed by atoms with Crippen molar-refractivity contribution in [2.75, 3.05) is 14.2 Å². The van der Waals surface area contributed by atoms with Gasteiger partial charge in [-0.1, -0.05) is 36.4 Å². The van der Waals surface area contributed by atoms with Gasteiger partial charge in [0.15, 0.2) is 11.6 Å². The summed E-state index contributed by atoms with van der Waals surface area (Å²) >= 11 is 0. The number of carbonyl (C=O) groups is 1. The van der Waals surface area contributed by atoms with E-state index in [4.69, 9.17) is 10.5 Å². The van der Waals surface area contributed by atoms with Crippen molar-refractivity contribution in [3.8, 4) is 5.75 Å². The van der Waals surface area contributed by atoms with E-state index in [1.54, 1.807) is 24.1 Å². The monoisotopic (exact) mass is 302 g/mol. The molecular formula is C17H19FN2O2. The van der Waals surface area contributed by atoms with Crippen molar-refractivity contribution in [3.05, 3.63) is 65.5 Å². The van der Waals surface area contributed by atoms with Crippen LogP contribution in [0.4, 0.5) is 4.39 Å². The number of methoxy groups -OCH3 is 1. The van der Waals surface area contributed by atoms with Gasteiger partial charge >= 0.3 is 0 Å². The van der Waals surface area contributed by atoms with E-state index in [1.807, 2.05) is 30.3 Å². The third-order valence-electron chi connectivity index (χ3n) is 3.47. The Morgan fingerprint density at radius 2 is 1.95 bits per heavy atom. The summed E-state index contributed by atoms with van der Waals surface area (Å²) in [5.41, 5.74) is 7.07. The predicted molar refractivity (Wildman–Crippen MR) is 82.8 cm³/mol. The molecule has 22 heavy (non-hydrogen) atoms. The Kier molecular flexibility index (Phi) is 5.12. The maximum atomic E-state index is 13.7. The molecule has 0 radical (unpaired) electrons. The van der Waals surface area contributed by atoms with E-state index >= 15 is 0 Å². The molecule has 1 amide bonds. The average Bonchev–Trinajstić information content (AvgIpc) is 2.48. The van der Waals surface area contributed by atoms with Gasteiger partial charge in [-0.25, -0.2) is 4.39 Å². The lowest BCUT2D eigenvalue weighted by Gasteiger charge is -2.26. The molecule has 1 atom stereocenters. The highest BCUT2D eigenvalue weighted by Gasteiger charge is 2.22. The molecule has 5 heteroatoms. The minimum Gasteiger partial charge on any atom is -0.494 e. The van der Waals surface area contributed by atoms with E-state index in [0.717, 1.165) is 11.1 Å². The van der Waals surface area contributed by atoms with Gasteiger partial charge in [-0.05, 0) is 30.3 Å². The molecule has 0 saturated heterocycles. The molecule has 0 saturated carbocycles.